The summed E-state index contributed by atoms with van der Waals surface area (Å²) in [4.78, 5) is 35.5. The number of ether oxygens (including phenoxy) is 2. The van der Waals surface area contributed by atoms with Crippen molar-refractivity contribution in [1.29, 1.82) is 0 Å². The summed E-state index contributed by atoms with van der Waals surface area (Å²) in [6.07, 6.45) is 104. The summed E-state index contributed by atoms with van der Waals surface area (Å²) >= 11 is 0. The number of phosphoric ester groups is 1. The first-order valence-electron chi connectivity index (χ1n) is 41.6. The lowest BCUT2D eigenvalue weighted by Gasteiger charge is -2.19. The van der Waals surface area contributed by atoms with Gasteiger partial charge in [0.05, 0.1) is 13.2 Å². The molecule has 94 heavy (non-hydrogen) atoms. The fraction of sp³-hybridized carbons (Fsp3) is 0.881. The van der Waals surface area contributed by atoms with Crippen LogP contribution in [0.1, 0.15) is 444 Å². The number of hydrogen-bond donors (Lipinski definition) is 2. The van der Waals surface area contributed by atoms with Gasteiger partial charge >= 0.3 is 19.8 Å². The third-order valence-electron chi connectivity index (χ3n) is 19.0. The topological polar surface area (TPSA) is 134 Å². The minimum atomic E-state index is -4.39. The van der Waals surface area contributed by atoms with Crippen LogP contribution in [0.2, 0.25) is 0 Å². The lowest BCUT2D eigenvalue weighted by molar-refractivity contribution is -0.161. The smallest absolute Gasteiger partial charge is 0.462 e. The fourth-order valence-corrected chi connectivity index (χ4v) is 13.6. The molecule has 0 saturated carbocycles. The molecule has 0 fully saturated rings. The van der Waals surface area contributed by atoms with Crippen LogP contribution in [0.3, 0.4) is 0 Å². The minimum absolute atomic E-state index is 0.0566. The number of esters is 2. The van der Waals surface area contributed by atoms with Gasteiger partial charge in [-0.2, -0.15) is 0 Å². The Morgan fingerprint density at radius 2 is 0.585 bits per heavy atom. The maximum absolute atomic E-state index is 12.8. The first kappa shape index (κ1) is 92.0. The number of nitrogens with two attached hydrogens (primary N) is 1. The molecule has 0 aromatic rings. The Labute approximate surface area is 585 Å². The Hall–Kier alpha value is -2.03. The van der Waals surface area contributed by atoms with Crippen LogP contribution in [-0.4, -0.2) is 49.3 Å². The summed E-state index contributed by atoms with van der Waals surface area (Å²) < 4.78 is 33.3. The van der Waals surface area contributed by atoms with Gasteiger partial charge in [-0.3, -0.25) is 18.6 Å². The zero-order valence-corrected chi connectivity index (χ0v) is 63.6. The summed E-state index contributed by atoms with van der Waals surface area (Å²) in [7, 11) is -4.39. The highest BCUT2D eigenvalue weighted by Crippen LogP contribution is 2.43. The van der Waals surface area contributed by atoms with E-state index in [2.05, 4.69) is 62.5 Å². The van der Waals surface area contributed by atoms with Crippen LogP contribution in [0.25, 0.3) is 0 Å². The van der Waals surface area contributed by atoms with Crippen molar-refractivity contribution in [2.24, 2.45) is 5.73 Å². The highest BCUT2D eigenvalue weighted by atomic mass is 31.2. The van der Waals surface area contributed by atoms with E-state index in [0.29, 0.717) is 6.42 Å². The SMILES string of the molecule is CC/C=C\C/C=C\C/C=C\C/C=C\CCCCCCCCCCCCCCCCCCCCCCCCCCC(=O)OC(COC(=O)CCCCCCCCCCCCCCCCCCCCCCCCCCCCCCCCCCCCCC)COP(=O)(O)OCCN. The van der Waals surface area contributed by atoms with E-state index in [9.17, 15) is 19.0 Å². The first-order valence-corrected chi connectivity index (χ1v) is 43.1. The van der Waals surface area contributed by atoms with E-state index < -0.39 is 26.5 Å². The van der Waals surface area contributed by atoms with Gasteiger partial charge in [0.1, 0.15) is 6.61 Å². The summed E-state index contributed by atoms with van der Waals surface area (Å²) in [5.41, 5.74) is 5.42. The van der Waals surface area contributed by atoms with E-state index in [1.54, 1.807) is 0 Å². The summed E-state index contributed by atoms with van der Waals surface area (Å²) in [5.74, 6) is -0.799. The highest BCUT2D eigenvalue weighted by Gasteiger charge is 2.26. The second-order valence-corrected chi connectivity index (χ2v) is 29.8. The van der Waals surface area contributed by atoms with Crippen molar-refractivity contribution in [1.82, 2.24) is 0 Å². The average molecular weight is 1340 g/mol. The Balaban J connectivity index is 3.72. The van der Waals surface area contributed by atoms with Gasteiger partial charge in [-0.1, -0.05) is 428 Å². The molecule has 0 rings (SSSR count). The molecule has 0 bridgehead atoms. The molecule has 0 aromatic carbocycles. The predicted octanol–water partition coefficient (Wildman–Crippen LogP) is 27.9. The zero-order valence-electron chi connectivity index (χ0n) is 62.7. The number of rotatable bonds is 80. The molecule has 0 spiro atoms. The molecule has 0 heterocycles. The van der Waals surface area contributed by atoms with Gasteiger partial charge in [-0.15, -0.1) is 0 Å². The van der Waals surface area contributed by atoms with Crippen LogP contribution in [0.5, 0.6) is 0 Å². The zero-order chi connectivity index (χ0) is 67.9. The summed E-state index contributed by atoms with van der Waals surface area (Å²) in [5, 5.41) is 0. The molecule has 10 heteroatoms. The molecular weight excluding hydrogens is 1180 g/mol. The molecule has 3 N–H and O–H groups in total. The van der Waals surface area contributed by atoms with E-state index in [1.807, 2.05) is 0 Å². The van der Waals surface area contributed by atoms with Crippen LogP contribution in [-0.2, 0) is 32.7 Å². The number of unbranched alkanes of at least 4 members (excludes halogenated alkanes) is 59. The van der Waals surface area contributed by atoms with Crippen molar-refractivity contribution < 1.29 is 37.6 Å². The highest BCUT2D eigenvalue weighted by molar-refractivity contribution is 7.47. The van der Waals surface area contributed by atoms with Crippen LogP contribution in [0.4, 0.5) is 0 Å². The van der Waals surface area contributed by atoms with Gasteiger partial charge in [0.15, 0.2) is 6.10 Å². The van der Waals surface area contributed by atoms with Crippen LogP contribution >= 0.6 is 7.82 Å². The molecule has 0 radical (unpaired) electrons. The molecule has 0 saturated heterocycles. The van der Waals surface area contributed by atoms with E-state index in [0.717, 1.165) is 57.8 Å². The normalized spacial score (nSPS) is 13.0. The van der Waals surface area contributed by atoms with Gasteiger partial charge in [-0.05, 0) is 51.4 Å². The molecule has 0 aliphatic carbocycles. The Morgan fingerprint density at radius 3 is 0.872 bits per heavy atom. The van der Waals surface area contributed by atoms with Gasteiger partial charge in [0.25, 0.3) is 0 Å². The van der Waals surface area contributed by atoms with Crippen molar-refractivity contribution >= 4 is 19.8 Å². The third-order valence-corrected chi connectivity index (χ3v) is 20.0. The van der Waals surface area contributed by atoms with E-state index in [4.69, 9.17) is 24.3 Å². The van der Waals surface area contributed by atoms with Crippen molar-refractivity contribution in [2.75, 3.05) is 26.4 Å². The number of allylic oxidation sites excluding steroid dienone is 8. The van der Waals surface area contributed by atoms with Crippen molar-refractivity contribution in [3.63, 3.8) is 0 Å². The number of phosphoric acid groups is 1. The third kappa shape index (κ3) is 79.0. The largest absolute Gasteiger partial charge is 0.472 e. The molecule has 0 amide bonds. The second kappa shape index (κ2) is 80.0. The van der Waals surface area contributed by atoms with Gasteiger partial charge in [0.2, 0.25) is 0 Å². The maximum atomic E-state index is 12.8. The number of hydrogen-bond acceptors (Lipinski definition) is 8. The van der Waals surface area contributed by atoms with Gasteiger partial charge < -0.3 is 20.1 Å². The summed E-state index contributed by atoms with van der Waals surface area (Å²) in [6.45, 7) is 3.72. The number of carbonyl (C=O) groups is 2. The molecule has 0 aliphatic rings. The lowest BCUT2D eigenvalue weighted by atomic mass is 10.0. The first-order chi connectivity index (χ1) is 46.3. The Morgan fingerprint density at radius 1 is 0.330 bits per heavy atom. The molecule has 0 aromatic heterocycles. The van der Waals surface area contributed by atoms with Crippen LogP contribution < -0.4 is 5.73 Å². The van der Waals surface area contributed by atoms with Crippen molar-refractivity contribution in [2.45, 2.75) is 450 Å². The van der Waals surface area contributed by atoms with E-state index in [1.165, 1.54) is 353 Å². The van der Waals surface area contributed by atoms with Crippen molar-refractivity contribution in [3.05, 3.63) is 48.6 Å². The number of carbonyl (C=O) groups excluding carboxylic acids is 2. The van der Waals surface area contributed by atoms with Crippen LogP contribution in [0.15, 0.2) is 48.6 Å². The lowest BCUT2D eigenvalue weighted by Crippen LogP contribution is -2.29. The monoisotopic (exact) mass is 1340 g/mol. The Bertz CT molecular complexity index is 1680. The molecule has 554 valence electrons. The molecule has 2 unspecified atom stereocenters. The van der Waals surface area contributed by atoms with Gasteiger partial charge in [0, 0.05) is 19.4 Å². The quantitative estimate of drug-likeness (QED) is 0.0264. The van der Waals surface area contributed by atoms with Gasteiger partial charge in [-0.25, -0.2) is 4.57 Å². The Kier molecular flexibility index (Phi) is 78.2. The molecule has 0 aliphatic heterocycles. The standard InChI is InChI=1S/C84H160NO8P/c1-3-5-7-9-11-13-15-17-19-21-23-25-27-29-31-33-35-37-39-41-43-45-47-49-51-53-55-57-59-61-63-65-67-69-71-73-75-77-84(87)93-82(81-92-94(88,89)91-79-78-85)80-90-83(86)76-74-72-70-68-66-64-62-60-58-56-54-52-50-48-46-44-42-40-38-36-34-32-30-28-26-24-22-20-18-16-14-12-10-8-6-4-2/h5,7,11,13,17,19,23,25,82H,3-4,6,8-10,12,14-16,18,20-22,24,26-81,85H2,1-2H3,(H,88,89)/b7-5-,13-11-,19-17-,25-23-. The minimum Gasteiger partial charge on any atom is -0.462 e. The van der Waals surface area contributed by atoms with Crippen molar-refractivity contribution in [3.8, 4) is 0 Å². The van der Waals surface area contributed by atoms with E-state index >= 15 is 0 Å². The predicted molar refractivity (Wildman–Crippen MR) is 409 cm³/mol. The molecule has 2 atom stereocenters. The average Bonchev–Trinajstić information content (AvgIpc) is 3.18. The van der Waals surface area contributed by atoms with Crippen LogP contribution in [0, 0.1) is 0 Å². The fourth-order valence-electron chi connectivity index (χ4n) is 12.9. The molecule has 9 nitrogen and oxygen atoms in total. The second-order valence-electron chi connectivity index (χ2n) is 28.3. The molecular formula is C84H160NO8P. The summed E-state index contributed by atoms with van der Waals surface area (Å²) in [6, 6.07) is 0. The maximum Gasteiger partial charge on any atom is 0.472 e. The van der Waals surface area contributed by atoms with E-state index in [-0.39, 0.29) is 38.6 Å².